The molecule has 30 heavy (non-hydrogen) atoms. The molecule has 0 spiro atoms. The average molecular weight is 405 g/mol. The van der Waals surface area contributed by atoms with Gasteiger partial charge in [-0.15, -0.1) is 0 Å². The minimum atomic E-state index is -0.542. The Morgan fingerprint density at radius 1 is 1.20 bits per heavy atom. The summed E-state index contributed by atoms with van der Waals surface area (Å²) in [5.74, 6) is 0.0135. The SMILES string of the molecule is CC1=CC(OC=C2C(=O)NC3C4=C(CCCC4(C)C)CC23)N(c2ccccc2)C1=O. The number of amides is 2. The fourth-order valence-electron chi connectivity index (χ4n) is 5.69. The zero-order valence-electron chi connectivity index (χ0n) is 17.8. The Hall–Kier alpha value is -2.82. The molecule has 0 bridgehead atoms. The monoisotopic (exact) mass is 404 g/mol. The highest BCUT2D eigenvalue weighted by Gasteiger charge is 2.50. The summed E-state index contributed by atoms with van der Waals surface area (Å²) in [6, 6.07) is 9.59. The van der Waals surface area contributed by atoms with Crippen molar-refractivity contribution in [1.29, 1.82) is 0 Å². The highest BCUT2D eigenvalue weighted by atomic mass is 16.5. The number of hydrogen-bond donors (Lipinski definition) is 1. The minimum Gasteiger partial charge on any atom is -0.474 e. The predicted molar refractivity (Wildman–Crippen MR) is 115 cm³/mol. The van der Waals surface area contributed by atoms with Gasteiger partial charge in [-0.3, -0.25) is 14.5 Å². The van der Waals surface area contributed by atoms with Crippen LogP contribution in [0, 0.1) is 11.3 Å². The van der Waals surface area contributed by atoms with E-state index in [1.54, 1.807) is 18.1 Å². The van der Waals surface area contributed by atoms with Gasteiger partial charge in [0.2, 0.25) is 0 Å². The lowest BCUT2D eigenvalue weighted by Crippen LogP contribution is -2.35. The number of nitrogens with zero attached hydrogens (tertiary/aromatic N) is 1. The number of hydrogen-bond acceptors (Lipinski definition) is 3. The van der Waals surface area contributed by atoms with Gasteiger partial charge in [0.1, 0.15) is 0 Å². The van der Waals surface area contributed by atoms with Gasteiger partial charge in [-0.05, 0) is 61.8 Å². The molecule has 1 fully saturated rings. The van der Waals surface area contributed by atoms with Gasteiger partial charge in [-0.2, -0.15) is 0 Å². The van der Waals surface area contributed by atoms with Crippen LogP contribution in [0.3, 0.4) is 0 Å². The number of carbonyl (C=O) groups is 2. The fraction of sp³-hybridized carbons (Fsp3) is 0.440. The highest BCUT2D eigenvalue weighted by Crippen LogP contribution is 2.53. The quantitative estimate of drug-likeness (QED) is 0.466. The molecule has 5 heteroatoms. The van der Waals surface area contributed by atoms with Crippen LogP contribution >= 0.6 is 0 Å². The second kappa shape index (κ2) is 6.86. The van der Waals surface area contributed by atoms with E-state index in [2.05, 4.69) is 19.2 Å². The van der Waals surface area contributed by atoms with Gasteiger partial charge in [0.25, 0.3) is 11.8 Å². The largest absolute Gasteiger partial charge is 0.474 e. The van der Waals surface area contributed by atoms with Crippen LogP contribution in [-0.2, 0) is 14.3 Å². The molecule has 1 aromatic rings. The highest BCUT2D eigenvalue weighted by molar-refractivity contribution is 6.08. The smallest absolute Gasteiger partial charge is 0.257 e. The van der Waals surface area contributed by atoms with Crippen LogP contribution in [-0.4, -0.2) is 24.1 Å². The van der Waals surface area contributed by atoms with E-state index in [0.717, 1.165) is 18.5 Å². The molecule has 3 atom stereocenters. The van der Waals surface area contributed by atoms with Crippen LogP contribution in [0.5, 0.6) is 0 Å². The van der Waals surface area contributed by atoms with Crippen LogP contribution in [0.15, 0.2) is 65.0 Å². The summed E-state index contributed by atoms with van der Waals surface area (Å²) in [6.45, 7) is 6.39. The molecule has 3 unspecified atom stereocenters. The molecule has 1 saturated heterocycles. The van der Waals surface area contributed by atoms with E-state index < -0.39 is 6.23 Å². The van der Waals surface area contributed by atoms with Crippen LogP contribution < -0.4 is 10.2 Å². The molecule has 1 N–H and O–H groups in total. The van der Waals surface area contributed by atoms with Crippen LogP contribution in [0.2, 0.25) is 0 Å². The summed E-state index contributed by atoms with van der Waals surface area (Å²) in [7, 11) is 0. The molecule has 4 aliphatic rings. The molecule has 156 valence electrons. The van der Waals surface area contributed by atoms with E-state index in [9.17, 15) is 9.59 Å². The minimum absolute atomic E-state index is 0.0470. The first-order chi connectivity index (χ1) is 14.4. The van der Waals surface area contributed by atoms with E-state index in [4.69, 9.17) is 4.74 Å². The standard InChI is InChI=1S/C25H28N2O3/c1-15-12-20(27(24(15)29)17-9-5-4-6-10-17)30-14-19-18-13-16-8-7-11-25(2,3)21(16)22(18)26-23(19)28/h4-6,9-10,12,14,18,20,22H,7-8,11,13H2,1-3H3,(H,26,28). The first kappa shape index (κ1) is 19.2. The summed E-state index contributed by atoms with van der Waals surface area (Å²) in [4.78, 5) is 27.1. The number of carbonyl (C=O) groups excluding carboxylic acids is 2. The number of anilines is 1. The van der Waals surface area contributed by atoms with E-state index in [1.165, 1.54) is 24.0 Å². The lowest BCUT2D eigenvalue weighted by Gasteiger charge is -2.35. The van der Waals surface area contributed by atoms with Gasteiger partial charge >= 0.3 is 0 Å². The Morgan fingerprint density at radius 2 is 1.97 bits per heavy atom. The van der Waals surface area contributed by atoms with Crippen molar-refractivity contribution in [3.05, 3.63) is 65.0 Å². The third-order valence-corrected chi connectivity index (χ3v) is 7.09. The van der Waals surface area contributed by atoms with Gasteiger partial charge in [-0.25, -0.2) is 0 Å². The predicted octanol–water partition coefficient (Wildman–Crippen LogP) is 4.23. The third kappa shape index (κ3) is 2.91. The third-order valence-electron chi connectivity index (χ3n) is 7.09. The van der Waals surface area contributed by atoms with Gasteiger partial charge in [0.05, 0.1) is 17.9 Å². The maximum Gasteiger partial charge on any atom is 0.257 e. The summed E-state index contributed by atoms with van der Waals surface area (Å²) >= 11 is 0. The number of nitrogens with one attached hydrogen (secondary N) is 1. The lowest BCUT2D eigenvalue weighted by molar-refractivity contribution is -0.116. The first-order valence-corrected chi connectivity index (χ1v) is 10.8. The van der Waals surface area contributed by atoms with Crippen molar-refractivity contribution in [2.75, 3.05) is 4.90 Å². The number of rotatable bonds is 3. The number of ether oxygens (including phenoxy) is 1. The zero-order chi connectivity index (χ0) is 21.0. The van der Waals surface area contributed by atoms with Crippen molar-refractivity contribution in [2.45, 2.75) is 58.7 Å². The Bertz CT molecular complexity index is 1000. The van der Waals surface area contributed by atoms with Crippen molar-refractivity contribution < 1.29 is 14.3 Å². The van der Waals surface area contributed by atoms with Crippen molar-refractivity contribution >= 4 is 17.5 Å². The maximum absolute atomic E-state index is 12.8. The second-order valence-corrected chi connectivity index (χ2v) is 9.48. The molecule has 2 aliphatic heterocycles. The number of fused-ring (bicyclic) bond motifs is 2. The van der Waals surface area contributed by atoms with Crippen LogP contribution in [0.1, 0.15) is 46.5 Å². The number of benzene rings is 1. The second-order valence-electron chi connectivity index (χ2n) is 9.48. The van der Waals surface area contributed by atoms with Crippen LogP contribution in [0.25, 0.3) is 0 Å². The maximum atomic E-state index is 12.8. The number of allylic oxidation sites excluding steroid dienone is 1. The molecule has 2 amide bonds. The van der Waals surface area contributed by atoms with Gasteiger partial charge < -0.3 is 10.1 Å². The Balaban J connectivity index is 1.40. The topological polar surface area (TPSA) is 58.6 Å². The molecule has 0 aromatic heterocycles. The van der Waals surface area contributed by atoms with Crippen molar-refractivity contribution in [3.63, 3.8) is 0 Å². The summed E-state index contributed by atoms with van der Waals surface area (Å²) in [5.41, 5.74) is 5.23. The summed E-state index contributed by atoms with van der Waals surface area (Å²) in [6.07, 6.45) is 7.33. The molecule has 5 nitrogen and oxygen atoms in total. The zero-order valence-corrected chi connectivity index (χ0v) is 17.8. The number of para-hydroxylation sites is 1. The van der Waals surface area contributed by atoms with Gasteiger partial charge in [-0.1, -0.05) is 37.6 Å². The van der Waals surface area contributed by atoms with E-state index in [-0.39, 0.29) is 29.2 Å². The molecule has 5 rings (SSSR count). The molecule has 2 aliphatic carbocycles. The normalized spacial score (nSPS) is 31.0. The van der Waals surface area contributed by atoms with Crippen molar-refractivity contribution in [1.82, 2.24) is 5.32 Å². The molecule has 0 radical (unpaired) electrons. The van der Waals surface area contributed by atoms with E-state index in [1.807, 2.05) is 36.4 Å². The van der Waals surface area contributed by atoms with Crippen LogP contribution in [0.4, 0.5) is 5.69 Å². The van der Waals surface area contributed by atoms with Gasteiger partial charge in [0.15, 0.2) is 6.23 Å². The molecule has 1 aromatic carbocycles. The summed E-state index contributed by atoms with van der Waals surface area (Å²) < 4.78 is 6.07. The Labute approximate surface area is 177 Å². The Morgan fingerprint density at radius 3 is 2.73 bits per heavy atom. The van der Waals surface area contributed by atoms with E-state index >= 15 is 0 Å². The summed E-state index contributed by atoms with van der Waals surface area (Å²) in [5, 5.41) is 3.22. The molecular formula is C25H28N2O3. The van der Waals surface area contributed by atoms with Crippen molar-refractivity contribution in [2.24, 2.45) is 11.3 Å². The Kier molecular flexibility index (Phi) is 4.38. The molecule has 2 heterocycles. The fourth-order valence-corrected chi connectivity index (χ4v) is 5.69. The van der Waals surface area contributed by atoms with Gasteiger partial charge in [0, 0.05) is 17.2 Å². The molecule has 0 saturated carbocycles. The molecular weight excluding hydrogens is 376 g/mol. The van der Waals surface area contributed by atoms with E-state index in [0.29, 0.717) is 11.1 Å². The van der Waals surface area contributed by atoms with Crippen molar-refractivity contribution in [3.8, 4) is 0 Å². The average Bonchev–Trinajstić information content (AvgIpc) is 3.30. The first-order valence-electron chi connectivity index (χ1n) is 10.8. The lowest BCUT2D eigenvalue weighted by atomic mass is 9.72.